The van der Waals surface area contributed by atoms with Gasteiger partial charge >= 0.3 is 12.3 Å². The summed E-state index contributed by atoms with van der Waals surface area (Å²) in [5, 5.41) is 5.00. The Hall–Kier alpha value is -1.47. The van der Waals surface area contributed by atoms with Crippen LogP contribution in [0.15, 0.2) is 0 Å². The standard InChI is InChI=1S/C14H23F3N2O3/c1-13(2,3)22-12(21)19-10-7-5-4-6-9(10)18-11(20)8-14(15,16)17/h9-10H,4-8H2,1-3H3,(H,18,20)(H,19,21)/t9-,10-/m1/s1. The molecule has 22 heavy (non-hydrogen) atoms. The first-order valence-electron chi connectivity index (χ1n) is 7.32. The van der Waals surface area contributed by atoms with Crippen molar-refractivity contribution in [1.29, 1.82) is 0 Å². The van der Waals surface area contributed by atoms with Gasteiger partial charge in [0.15, 0.2) is 0 Å². The van der Waals surface area contributed by atoms with Crippen molar-refractivity contribution in [2.45, 2.75) is 76.7 Å². The van der Waals surface area contributed by atoms with Crippen LogP contribution < -0.4 is 10.6 Å². The largest absolute Gasteiger partial charge is 0.444 e. The summed E-state index contributed by atoms with van der Waals surface area (Å²) in [6.45, 7) is 5.15. The van der Waals surface area contributed by atoms with E-state index in [1.807, 2.05) is 0 Å². The highest BCUT2D eigenvalue weighted by atomic mass is 19.4. The molecule has 8 heteroatoms. The summed E-state index contributed by atoms with van der Waals surface area (Å²) < 4.78 is 41.7. The second-order valence-corrected chi connectivity index (χ2v) is 6.50. The van der Waals surface area contributed by atoms with E-state index >= 15 is 0 Å². The molecule has 1 fully saturated rings. The summed E-state index contributed by atoms with van der Waals surface area (Å²) in [5.74, 6) is -1.07. The molecule has 0 bridgehead atoms. The zero-order valence-corrected chi connectivity index (χ0v) is 13.0. The van der Waals surface area contributed by atoms with E-state index in [0.717, 1.165) is 12.8 Å². The van der Waals surface area contributed by atoms with Gasteiger partial charge in [0.2, 0.25) is 5.91 Å². The number of hydrogen-bond acceptors (Lipinski definition) is 3. The monoisotopic (exact) mass is 324 g/mol. The lowest BCUT2D eigenvalue weighted by Gasteiger charge is -2.33. The summed E-state index contributed by atoms with van der Waals surface area (Å²) in [6, 6.07) is -0.920. The molecule has 0 unspecified atom stereocenters. The van der Waals surface area contributed by atoms with E-state index in [4.69, 9.17) is 4.74 Å². The van der Waals surface area contributed by atoms with Gasteiger partial charge in [-0.2, -0.15) is 13.2 Å². The predicted octanol–water partition coefficient (Wildman–Crippen LogP) is 2.89. The van der Waals surface area contributed by atoms with E-state index in [1.54, 1.807) is 20.8 Å². The fourth-order valence-corrected chi connectivity index (χ4v) is 2.38. The molecule has 0 aromatic heterocycles. The molecule has 1 saturated carbocycles. The van der Waals surface area contributed by atoms with E-state index < -0.39 is 42.3 Å². The number of amides is 2. The van der Waals surface area contributed by atoms with Crippen molar-refractivity contribution in [2.24, 2.45) is 0 Å². The van der Waals surface area contributed by atoms with Crippen LogP contribution in [0.2, 0.25) is 0 Å². The number of nitrogens with one attached hydrogen (secondary N) is 2. The van der Waals surface area contributed by atoms with Gasteiger partial charge in [-0.05, 0) is 33.6 Å². The van der Waals surface area contributed by atoms with Crippen LogP contribution in [0.3, 0.4) is 0 Å². The molecule has 0 aromatic rings. The van der Waals surface area contributed by atoms with Gasteiger partial charge in [-0.3, -0.25) is 4.79 Å². The maximum absolute atomic E-state index is 12.2. The molecule has 0 saturated heterocycles. The lowest BCUT2D eigenvalue weighted by Crippen LogP contribution is -2.54. The Balaban J connectivity index is 2.56. The summed E-state index contributed by atoms with van der Waals surface area (Å²) in [4.78, 5) is 23.2. The van der Waals surface area contributed by atoms with Gasteiger partial charge in [0.25, 0.3) is 0 Å². The highest BCUT2D eigenvalue weighted by molar-refractivity contribution is 5.77. The highest BCUT2D eigenvalue weighted by Gasteiger charge is 2.34. The topological polar surface area (TPSA) is 67.4 Å². The molecule has 0 heterocycles. The quantitative estimate of drug-likeness (QED) is 0.839. The smallest absolute Gasteiger partial charge is 0.407 e. The Bertz CT molecular complexity index is 367. The van der Waals surface area contributed by atoms with E-state index in [-0.39, 0.29) is 0 Å². The molecule has 2 N–H and O–H groups in total. The Morgan fingerprint density at radius 3 is 2.00 bits per heavy atom. The van der Waals surface area contributed by atoms with Crippen molar-refractivity contribution >= 4 is 12.0 Å². The normalized spacial score (nSPS) is 22.8. The molecular formula is C14H23F3N2O3. The summed E-state index contributed by atoms with van der Waals surface area (Å²) >= 11 is 0. The van der Waals surface area contributed by atoms with Crippen molar-refractivity contribution in [1.82, 2.24) is 10.6 Å². The van der Waals surface area contributed by atoms with Gasteiger partial charge in [-0.15, -0.1) is 0 Å². The van der Waals surface area contributed by atoms with Gasteiger partial charge in [-0.25, -0.2) is 4.79 Å². The molecule has 2 atom stereocenters. The highest BCUT2D eigenvalue weighted by Crippen LogP contribution is 2.22. The number of carbonyl (C=O) groups excluding carboxylic acids is 2. The number of rotatable bonds is 3. The average molecular weight is 324 g/mol. The van der Waals surface area contributed by atoms with Crippen LogP contribution in [0.5, 0.6) is 0 Å². The number of alkyl carbamates (subject to hydrolysis) is 1. The molecule has 1 rings (SSSR count). The fraction of sp³-hybridized carbons (Fsp3) is 0.857. The first-order chi connectivity index (χ1) is 9.96. The van der Waals surface area contributed by atoms with Crippen LogP contribution in [-0.2, 0) is 9.53 Å². The van der Waals surface area contributed by atoms with Crippen molar-refractivity contribution in [3.05, 3.63) is 0 Å². The molecule has 1 aliphatic carbocycles. The van der Waals surface area contributed by atoms with Crippen molar-refractivity contribution < 1.29 is 27.5 Å². The van der Waals surface area contributed by atoms with Crippen LogP contribution in [0.4, 0.5) is 18.0 Å². The minimum absolute atomic E-state index is 0.416. The van der Waals surface area contributed by atoms with Gasteiger partial charge in [-0.1, -0.05) is 12.8 Å². The lowest BCUT2D eigenvalue weighted by molar-refractivity contribution is -0.154. The molecule has 0 spiro atoms. The second-order valence-electron chi connectivity index (χ2n) is 6.50. The average Bonchev–Trinajstić information content (AvgIpc) is 2.26. The zero-order chi connectivity index (χ0) is 17.0. The Labute approximate surface area is 128 Å². The third-order valence-electron chi connectivity index (χ3n) is 3.18. The first kappa shape index (κ1) is 18.6. The maximum Gasteiger partial charge on any atom is 0.407 e. The van der Waals surface area contributed by atoms with Crippen LogP contribution in [0.25, 0.3) is 0 Å². The van der Waals surface area contributed by atoms with Crippen LogP contribution in [0.1, 0.15) is 52.9 Å². The molecule has 0 aromatic carbocycles. The SMILES string of the molecule is CC(C)(C)OC(=O)N[C@@H]1CCCC[C@H]1NC(=O)CC(F)(F)F. The van der Waals surface area contributed by atoms with Gasteiger partial charge in [0.1, 0.15) is 12.0 Å². The maximum atomic E-state index is 12.2. The second kappa shape index (κ2) is 7.19. The fourth-order valence-electron chi connectivity index (χ4n) is 2.38. The van der Waals surface area contributed by atoms with Crippen LogP contribution in [-0.4, -0.2) is 35.9 Å². The van der Waals surface area contributed by atoms with Gasteiger partial charge in [0.05, 0.1) is 6.04 Å². The van der Waals surface area contributed by atoms with Crippen LogP contribution in [0, 0.1) is 0 Å². The lowest BCUT2D eigenvalue weighted by atomic mass is 9.90. The number of hydrogen-bond donors (Lipinski definition) is 2. The third-order valence-corrected chi connectivity index (χ3v) is 3.18. The van der Waals surface area contributed by atoms with Crippen molar-refractivity contribution in [2.75, 3.05) is 0 Å². The Morgan fingerprint density at radius 2 is 1.55 bits per heavy atom. The summed E-state index contributed by atoms with van der Waals surface area (Å²) in [6.07, 6.45) is -3.92. The number of halogens is 3. The molecule has 5 nitrogen and oxygen atoms in total. The van der Waals surface area contributed by atoms with E-state index in [1.165, 1.54) is 0 Å². The summed E-state index contributed by atoms with van der Waals surface area (Å²) in [5.41, 5.74) is -0.659. The number of carbonyl (C=O) groups is 2. The zero-order valence-electron chi connectivity index (χ0n) is 13.0. The molecule has 2 amide bonds. The Kier molecular flexibility index (Phi) is 6.08. The number of ether oxygens (including phenoxy) is 1. The predicted molar refractivity (Wildman–Crippen MR) is 74.2 cm³/mol. The van der Waals surface area contributed by atoms with Crippen molar-refractivity contribution in [3.8, 4) is 0 Å². The number of alkyl halides is 3. The molecule has 0 aliphatic heterocycles. The minimum Gasteiger partial charge on any atom is -0.444 e. The molecule has 128 valence electrons. The van der Waals surface area contributed by atoms with Gasteiger partial charge < -0.3 is 15.4 Å². The molecular weight excluding hydrogens is 301 g/mol. The molecule has 0 radical (unpaired) electrons. The van der Waals surface area contributed by atoms with E-state index in [2.05, 4.69) is 10.6 Å². The molecule has 1 aliphatic rings. The third kappa shape index (κ3) is 7.51. The van der Waals surface area contributed by atoms with E-state index in [9.17, 15) is 22.8 Å². The van der Waals surface area contributed by atoms with Gasteiger partial charge in [0, 0.05) is 6.04 Å². The van der Waals surface area contributed by atoms with Crippen molar-refractivity contribution in [3.63, 3.8) is 0 Å². The van der Waals surface area contributed by atoms with Crippen LogP contribution >= 0.6 is 0 Å². The van der Waals surface area contributed by atoms with E-state index in [0.29, 0.717) is 12.8 Å². The first-order valence-corrected chi connectivity index (χ1v) is 7.32. The summed E-state index contributed by atoms with van der Waals surface area (Å²) in [7, 11) is 0. The Morgan fingerprint density at radius 1 is 1.05 bits per heavy atom. The minimum atomic E-state index is -4.53.